The summed E-state index contributed by atoms with van der Waals surface area (Å²) in [6.45, 7) is 0. The minimum atomic E-state index is -0.523. The molecule has 1 heterocycles. The molecule has 0 spiro atoms. The van der Waals surface area contributed by atoms with Crippen LogP contribution in [0.25, 0.3) is 11.3 Å². The first-order valence-electron chi connectivity index (χ1n) is 7.47. The summed E-state index contributed by atoms with van der Waals surface area (Å²) in [4.78, 5) is 22.1. The Kier molecular flexibility index (Phi) is 5.09. The Hall–Kier alpha value is -3.45. The summed E-state index contributed by atoms with van der Waals surface area (Å²) in [5, 5.41) is 14.8. The molecule has 3 aromatic rings. The highest BCUT2D eigenvalue weighted by Crippen LogP contribution is 2.31. The third-order valence-corrected chi connectivity index (χ3v) is 3.76. The van der Waals surface area contributed by atoms with Gasteiger partial charge in [-0.05, 0) is 30.3 Å². The van der Waals surface area contributed by atoms with Crippen molar-refractivity contribution in [2.24, 2.45) is 5.10 Å². The van der Waals surface area contributed by atoms with E-state index in [4.69, 9.17) is 16.0 Å². The Labute approximate surface area is 153 Å². The van der Waals surface area contributed by atoms with Gasteiger partial charge in [-0.3, -0.25) is 14.9 Å². The van der Waals surface area contributed by atoms with Crippen molar-refractivity contribution in [1.82, 2.24) is 5.43 Å². The molecule has 1 N–H and O–H groups in total. The van der Waals surface area contributed by atoms with E-state index in [2.05, 4.69) is 10.5 Å². The Morgan fingerprint density at radius 2 is 1.92 bits per heavy atom. The van der Waals surface area contributed by atoms with Gasteiger partial charge in [-0.1, -0.05) is 29.8 Å². The van der Waals surface area contributed by atoms with E-state index in [-0.39, 0.29) is 16.6 Å². The lowest BCUT2D eigenvalue weighted by molar-refractivity contribution is -0.384. The van der Waals surface area contributed by atoms with Crippen LogP contribution < -0.4 is 5.43 Å². The van der Waals surface area contributed by atoms with Crippen molar-refractivity contribution in [3.63, 3.8) is 0 Å². The highest BCUT2D eigenvalue weighted by molar-refractivity contribution is 6.33. The second-order valence-corrected chi connectivity index (χ2v) is 5.60. The van der Waals surface area contributed by atoms with E-state index in [1.54, 1.807) is 36.4 Å². The highest BCUT2D eigenvalue weighted by Gasteiger charge is 2.13. The van der Waals surface area contributed by atoms with Crippen LogP contribution >= 0.6 is 11.6 Å². The number of carbonyl (C=O) groups excluding carboxylic acids is 1. The first-order chi connectivity index (χ1) is 12.5. The monoisotopic (exact) mass is 369 g/mol. The summed E-state index contributed by atoms with van der Waals surface area (Å²) < 4.78 is 5.58. The summed E-state index contributed by atoms with van der Waals surface area (Å²) >= 11 is 6.08. The highest BCUT2D eigenvalue weighted by atomic mass is 35.5. The average Bonchev–Trinajstić information content (AvgIpc) is 3.10. The largest absolute Gasteiger partial charge is 0.455 e. The lowest BCUT2D eigenvalue weighted by Gasteiger charge is -2.00. The van der Waals surface area contributed by atoms with Crippen LogP contribution in [0, 0.1) is 10.1 Å². The molecular weight excluding hydrogens is 358 g/mol. The predicted octanol–water partition coefficient (Wildman–Crippen LogP) is 4.27. The van der Waals surface area contributed by atoms with Gasteiger partial charge in [0, 0.05) is 23.3 Å². The van der Waals surface area contributed by atoms with Crippen LogP contribution in [0.1, 0.15) is 16.1 Å². The third-order valence-electron chi connectivity index (χ3n) is 3.45. The first-order valence-corrected chi connectivity index (χ1v) is 7.85. The smallest absolute Gasteiger partial charge is 0.271 e. The van der Waals surface area contributed by atoms with Crippen molar-refractivity contribution in [1.29, 1.82) is 0 Å². The molecule has 0 saturated heterocycles. The van der Waals surface area contributed by atoms with Gasteiger partial charge in [-0.25, -0.2) is 5.43 Å². The fraction of sp³-hybridized carbons (Fsp3) is 0. The standard InChI is InChI=1S/C18H12ClN3O4/c19-16-10-13(22(24)25)6-8-15(16)17-9-7-14(26-17)11-20-21-18(23)12-4-2-1-3-5-12/h1-11H,(H,21,23)/b20-11-. The number of non-ortho nitro benzene ring substituents is 1. The second kappa shape index (κ2) is 7.62. The van der Waals surface area contributed by atoms with Crippen molar-refractivity contribution >= 4 is 29.4 Å². The molecule has 0 fully saturated rings. The maximum Gasteiger partial charge on any atom is 0.271 e. The molecule has 0 aliphatic heterocycles. The number of nitrogens with one attached hydrogen (secondary N) is 1. The van der Waals surface area contributed by atoms with Gasteiger partial charge < -0.3 is 4.42 Å². The van der Waals surface area contributed by atoms with Gasteiger partial charge in [0.25, 0.3) is 11.6 Å². The zero-order valence-corrected chi connectivity index (χ0v) is 14.0. The molecule has 0 bridgehead atoms. The number of hydrogen-bond acceptors (Lipinski definition) is 5. The van der Waals surface area contributed by atoms with E-state index in [9.17, 15) is 14.9 Å². The van der Waals surface area contributed by atoms with Gasteiger partial charge in [0.05, 0.1) is 16.2 Å². The minimum Gasteiger partial charge on any atom is -0.455 e. The van der Waals surface area contributed by atoms with E-state index < -0.39 is 4.92 Å². The van der Waals surface area contributed by atoms with Crippen LogP contribution in [-0.4, -0.2) is 17.0 Å². The molecular formula is C18H12ClN3O4. The Balaban J connectivity index is 1.70. The SMILES string of the molecule is O=C(N/N=C\c1ccc(-c2ccc([N+](=O)[O-])cc2Cl)o1)c1ccccc1. The molecule has 7 nitrogen and oxygen atoms in total. The zero-order valence-electron chi connectivity index (χ0n) is 13.3. The van der Waals surface area contributed by atoms with Gasteiger partial charge in [0.2, 0.25) is 0 Å². The van der Waals surface area contributed by atoms with E-state index in [1.165, 1.54) is 24.4 Å². The van der Waals surface area contributed by atoms with Gasteiger partial charge >= 0.3 is 0 Å². The summed E-state index contributed by atoms with van der Waals surface area (Å²) in [7, 11) is 0. The lowest BCUT2D eigenvalue weighted by atomic mass is 10.1. The quantitative estimate of drug-likeness (QED) is 0.412. The van der Waals surface area contributed by atoms with Crippen molar-refractivity contribution in [3.8, 4) is 11.3 Å². The molecule has 1 amide bonds. The zero-order chi connectivity index (χ0) is 18.5. The Morgan fingerprint density at radius 3 is 2.62 bits per heavy atom. The van der Waals surface area contributed by atoms with E-state index in [0.717, 1.165) is 0 Å². The number of rotatable bonds is 5. The number of nitro groups is 1. The molecule has 0 aliphatic rings. The Bertz CT molecular complexity index is 983. The van der Waals surface area contributed by atoms with Crippen LogP contribution in [0.5, 0.6) is 0 Å². The molecule has 130 valence electrons. The number of amides is 1. The minimum absolute atomic E-state index is 0.101. The van der Waals surface area contributed by atoms with Crippen LogP contribution in [0.3, 0.4) is 0 Å². The van der Waals surface area contributed by atoms with E-state index in [0.29, 0.717) is 22.6 Å². The number of hydrogen-bond donors (Lipinski definition) is 1. The van der Waals surface area contributed by atoms with Gasteiger partial charge in [-0.2, -0.15) is 5.10 Å². The fourth-order valence-corrected chi connectivity index (χ4v) is 2.46. The normalized spacial score (nSPS) is 10.8. The number of halogens is 1. The third kappa shape index (κ3) is 3.96. The Morgan fingerprint density at radius 1 is 1.15 bits per heavy atom. The molecule has 0 atom stereocenters. The number of carbonyl (C=O) groups is 1. The summed E-state index contributed by atoms with van der Waals surface area (Å²) in [5.74, 6) is 0.482. The van der Waals surface area contributed by atoms with Gasteiger partial charge in [0.1, 0.15) is 11.5 Å². The van der Waals surface area contributed by atoms with Crippen molar-refractivity contribution in [2.45, 2.75) is 0 Å². The molecule has 3 rings (SSSR count). The van der Waals surface area contributed by atoms with Gasteiger partial charge in [-0.15, -0.1) is 0 Å². The van der Waals surface area contributed by atoms with Crippen LogP contribution in [-0.2, 0) is 0 Å². The number of nitrogens with zero attached hydrogens (tertiary/aromatic N) is 2. The molecule has 26 heavy (non-hydrogen) atoms. The average molecular weight is 370 g/mol. The fourth-order valence-electron chi connectivity index (χ4n) is 2.19. The summed E-state index contributed by atoms with van der Waals surface area (Å²) in [6, 6.07) is 16.1. The van der Waals surface area contributed by atoms with Crippen molar-refractivity contribution < 1.29 is 14.1 Å². The number of nitro benzene ring substituents is 1. The second-order valence-electron chi connectivity index (χ2n) is 5.19. The molecule has 0 aliphatic carbocycles. The van der Waals surface area contributed by atoms with E-state index >= 15 is 0 Å². The molecule has 0 radical (unpaired) electrons. The lowest BCUT2D eigenvalue weighted by Crippen LogP contribution is -2.17. The van der Waals surface area contributed by atoms with Crippen LogP contribution in [0.4, 0.5) is 5.69 Å². The van der Waals surface area contributed by atoms with Crippen LogP contribution in [0.2, 0.25) is 5.02 Å². The van der Waals surface area contributed by atoms with Crippen LogP contribution in [0.15, 0.2) is 70.2 Å². The predicted molar refractivity (Wildman–Crippen MR) is 97.3 cm³/mol. The molecule has 0 unspecified atom stereocenters. The topological polar surface area (TPSA) is 97.7 Å². The number of furan rings is 1. The van der Waals surface area contributed by atoms with E-state index in [1.807, 2.05) is 6.07 Å². The summed E-state index contributed by atoms with van der Waals surface area (Å²) in [5.41, 5.74) is 3.30. The maximum atomic E-state index is 11.9. The first kappa shape index (κ1) is 17.4. The molecule has 1 aromatic heterocycles. The number of hydrazone groups is 1. The summed E-state index contributed by atoms with van der Waals surface area (Å²) in [6.07, 6.45) is 1.35. The van der Waals surface area contributed by atoms with Crippen molar-refractivity contribution in [3.05, 3.63) is 87.1 Å². The molecule has 0 saturated carbocycles. The van der Waals surface area contributed by atoms with Crippen molar-refractivity contribution in [2.75, 3.05) is 0 Å². The molecule has 8 heteroatoms. The number of benzene rings is 2. The van der Waals surface area contributed by atoms with Gasteiger partial charge in [0.15, 0.2) is 0 Å². The maximum absolute atomic E-state index is 11.9. The molecule has 2 aromatic carbocycles.